The molecule has 0 aliphatic carbocycles. The van der Waals surface area contributed by atoms with Gasteiger partial charge in [0, 0.05) is 5.25 Å². The van der Waals surface area contributed by atoms with Crippen LogP contribution < -0.4 is 0 Å². The van der Waals surface area contributed by atoms with Crippen molar-refractivity contribution in [2.45, 2.75) is 18.3 Å². The van der Waals surface area contributed by atoms with Crippen molar-refractivity contribution < 1.29 is 14.3 Å². The molecule has 0 radical (unpaired) electrons. The second-order valence-corrected chi connectivity index (χ2v) is 2.90. The summed E-state index contributed by atoms with van der Waals surface area (Å²) in [7, 11) is 0. The van der Waals surface area contributed by atoms with Gasteiger partial charge < -0.3 is 5.11 Å². The molecule has 0 saturated carbocycles. The van der Waals surface area contributed by atoms with E-state index in [1.807, 2.05) is 0 Å². The maximum Gasteiger partial charge on any atom is 0.339 e. The molecule has 2 unspecified atom stereocenters. The van der Waals surface area contributed by atoms with E-state index in [4.69, 9.17) is 5.11 Å². The molecular weight excluding hydrogens is 143 g/mol. The van der Waals surface area contributed by atoms with Crippen molar-refractivity contribution in [1.82, 2.24) is 0 Å². The minimum atomic E-state index is -1.74. The van der Waals surface area contributed by atoms with Crippen LogP contribution in [0.2, 0.25) is 0 Å². The molecule has 9 heavy (non-hydrogen) atoms. The smallest absolute Gasteiger partial charge is 0.339 e. The number of thioether (sulfide) groups is 1. The molecule has 0 bridgehead atoms. The van der Waals surface area contributed by atoms with Crippen LogP contribution in [0.5, 0.6) is 0 Å². The van der Waals surface area contributed by atoms with Crippen LogP contribution in [-0.2, 0) is 4.79 Å². The zero-order chi connectivity index (χ0) is 7.44. The maximum absolute atomic E-state index is 12.3. The number of carboxylic acids is 1. The molecule has 4 heteroatoms. The number of halogens is 1. The molecule has 0 spiro atoms. The summed E-state index contributed by atoms with van der Waals surface area (Å²) < 4.78 is 12.3. The van der Waals surface area contributed by atoms with Crippen LogP contribution in [-0.4, -0.2) is 28.8 Å². The van der Waals surface area contributed by atoms with Crippen LogP contribution in [0.1, 0.15) is 6.92 Å². The molecule has 2 atom stereocenters. The molecule has 0 heterocycles. The summed E-state index contributed by atoms with van der Waals surface area (Å²) in [5.41, 5.74) is 0. The van der Waals surface area contributed by atoms with Crippen molar-refractivity contribution in [2.75, 3.05) is 6.26 Å². The number of carboxylic acid groups (broad SMARTS) is 1. The summed E-state index contributed by atoms with van der Waals surface area (Å²) in [4.78, 5) is 9.91. The van der Waals surface area contributed by atoms with Gasteiger partial charge >= 0.3 is 5.97 Å². The molecule has 1 N–H and O–H groups in total. The van der Waals surface area contributed by atoms with E-state index >= 15 is 0 Å². The van der Waals surface area contributed by atoms with E-state index in [9.17, 15) is 9.18 Å². The average Bonchev–Trinajstić information content (AvgIpc) is 1.84. The molecule has 0 amide bonds. The Bertz CT molecular complexity index is 107. The SMILES string of the molecule is CSC(C)C(F)C(=O)O. The van der Waals surface area contributed by atoms with Gasteiger partial charge in [-0.2, -0.15) is 11.8 Å². The molecule has 54 valence electrons. The fourth-order valence-corrected chi connectivity index (χ4v) is 0.676. The van der Waals surface area contributed by atoms with Crippen LogP contribution >= 0.6 is 11.8 Å². The normalized spacial score (nSPS) is 16.8. The van der Waals surface area contributed by atoms with E-state index in [1.54, 1.807) is 13.2 Å². The predicted octanol–water partition coefficient (Wildman–Crippen LogP) is 1.16. The lowest BCUT2D eigenvalue weighted by Gasteiger charge is -2.07. The van der Waals surface area contributed by atoms with Gasteiger partial charge in [0.25, 0.3) is 0 Å². The zero-order valence-electron chi connectivity index (χ0n) is 5.30. The molecular formula is C5H9FO2S. The number of aliphatic carboxylic acids is 1. The summed E-state index contributed by atoms with van der Waals surface area (Å²) in [5.74, 6) is -1.38. The van der Waals surface area contributed by atoms with Crippen molar-refractivity contribution in [2.24, 2.45) is 0 Å². The number of hydrogen-bond donors (Lipinski definition) is 1. The first-order valence-corrected chi connectivity index (χ1v) is 3.78. The molecule has 2 nitrogen and oxygen atoms in total. The quantitative estimate of drug-likeness (QED) is 0.659. The third kappa shape index (κ3) is 2.70. The van der Waals surface area contributed by atoms with E-state index in [1.165, 1.54) is 11.8 Å². The predicted molar refractivity (Wildman–Crippen MR) is 35.5 cm³/mol. The Labute approximate surface area is 57.4 Å². The highest BCUT2D eigenvalue weighted by atomic mass is 32.2. The molecule has 0 aromatic rings. The molecule has 0 aliphatic heterocycles. The third-order valence-corrected chi connectivity index (χ3v) is 2.00. The Hall–Kier alpha value is -0.250. The summed E-state index contributed by atoms with van der Waals surface area (Å²) in [5, 5.41) is 7.64. The average molecular weight is 152 g/mol. The Kier molecular flexibility index (Phi) is 3.61. The van der Waals surface area contributed by atoms with Crippen LogP contribution in [0, 0.1) is 0 Å². The summed E-state index contributed by atoms with van der Waals surface area (Å²) >= 11 is 1.21. The first kappa shape index (κ1) is 8.75. The van der Waals surface area contributed by atoms with Crippen LogP contribution in [0.3, 0.4) is 0 Å². The summed E-state index contributed by atoms with van der Waals surface area (Å²) in [6.07, 6.45) is -0.0554. The van der Waals surface area contributed by atoms with Crippen LogP contribution in [0.15, 0.2) is 0 Å². The molecule has 0 aliphatic rings. The van der Waals surface area contributed by atoms with Crippen LogP contribution in [0.25, 0.3) is 0 Å². The standard InChI is InChI=1S/C5H9FO2S/c1-3(9-2)4(6)5(7)8/h3-4H,1-2H3,(H,7,8). The highest BCUT2D eigenvalue weighted by molar-refractivity contribution is 7.99. The highest BCUT2D eigenvalue weighted by Gasteiger charge is 2.22. The van der Waals surface area contributed by atoms with Gasteiger partial charge in [0.1, 0.15) is 0 Å². The van der Waals surface area contributed by atoms with Gasteiger partial charge in [-0.05, 0) is 13.2 Å². The van der Waals surface area contributed by atoms with Crippen LogP contribution in [0.4, 0.5) is 4.39 Å². The van der Waals surface area contributed by atoms with Crippen molar-refractivity contribution in [3.8, 4) is 0 Å². The van der Waals surface area contributed by atoms with Gasteiger partial charge in [-0.25, -0.2) is 9.18 Å². The van der Waals surface area contributed by atoms with Gasteiger partial charge in [-0.3, -0.25) is 0 Å². The highest BCUT2D eigenvalue weighted by Crippen LogP contribution is 2.12. The first-order chi connectivity index (χ1) is 4.09. The Morgan fingerprint density at radius 1 is 1.78 bits per heavy atom. The monoisotopic (exact) mass is 152 g/mol. The Morgan fingerprint density at radius 2 is 2.22 bits per heavy atom. The molecule has 0 fully saturated rings. The maximum atomic E-state index is 12.3. The van der Waals surface area contributed by atoms with Gasteiger partial charge in [-0.1, -0.05) is 0 Å². The van der Waals surface area contributed by atoms with Gasteiger partial charge in [0.15, 0.2) is 0 Å². The fourth-order valence-electron chi connectivity index (χ4n) is 0.320. The minimum Gasteiger partial charge on any atom is -0.479 e. The molecule has 0 aromatic carbocycles. The lowest BCUT2D eigenvalue weighted by atomic mass is 10.3. The topological polar surface area (TPSA) is 37.3 Å². The van der Waals surface area contributed by atoms with Crippen molar-refractivity contribution in [1.29, 1.82) is 0 Å². The largest absolute Gasteiger partial charge is 0.479 e. The lowest BCUT2D eigenvalue weighted by molar-refractivity contribution is -0.142. The van der Waals surface area contributed by atoms with Gasteiger partial charge in [0.05, 0.1) is 0 Å². The van der Waals surface area contributed by atoms with Gasteiger partial charge in [0.2, 0.25) is 6.17 Å². The van der Waals surface area contributed by atoms with E-state index in [2.05, 4.69) is 0 Å². The molecule has 0 rings (SSSR count). The molecule has 0 aromatic heterocycles. The minimum absolute atomic E-state index is 0.456. The summed E-state index contributed by atoms with van der Waals surface area (Å²) in [6.45, 7) is 1.55. The second-order valence-electron chi connectivity index (χ2n) is 1.68. The number of hydrogen-bond acceptors (Lipinski definition) is 2. The van der Waals surface area contributed by atoms with E-state index < -0.39 is 17.4 Å². The van der Waals surface area contributed by atoms with Crippen molar-refractivity contribution in [3.63, 3.8) is 0 Å². The fraction of sp³-hybridized carbons (Fsp3) is 0.800. The lowest BCUT2D eigenvalue weighted by Crippen LogP contribution is -2.24. The Balaban J connectivity index is 3.72. The second kappa shape index (κ2) is 3.71. The van der Waals surface area contributed by atoms with E-state index in [-0.39, 0.29) is 0 Å². The zero-order valence-corrected chi connectivity index (χ0v) is 6.11. The number of alkyl halides is 1. The number of carbonyl (C=O) groups is 1. The first-order valence-electron chi connectivity index (χ1n) is 2.49. The van der Waals surface area contributed by atoms with Crippen molar-refractivity contribution >= 4 is 17.7 Å². The Morgan fingerprint density at radius 3 is 2.33 bits per heavy atom. The third-order valence-electron chi connectivity index (χ3n) is 1.02. The van der Waals surface area contributed by atoms with E-state index in [0.717, 1.165) is 0 Å². The van der Waals surface area contributed by atoms with E-state index in [0.29, 0.717) is 0 Å². The summed E-state index contributed by atoms with van der Waals surface area (Å²) in [6, 6.07) is 0. The number of rotatable bonds is 3. The van der Waals surface area contributed by atoms with Crippen molar-refractivity contribution in [3.05, 3.63) is 0 Å². The molecule has 0 saturated heterocycles. The van der Waals surface area contributed by atoms with Gasteiger partial charge in [-0.15, -0.1) is 0 Å².